The highest BCUT2D eigenvalue weighted by Gasteiger charge is 2.26. The standard InChI is InChI=1S/C15H20O5/c1-15(2)9-13(16)12-5-4-11(8-14(12)20-15)19-10-18-7-6-17-3/h4-5,8-9,16H,6-7,10H2,1-3H3. The van der Waals surface area contributed by atoms with Crippen LogP contribution in [0.5, 0.6) is 11.5 Å². The van der Waals surface area contributed by atoms with Crippen molar-refractivity contribution >= 4 is 5.76 Å². The molecule has 0 saturated heterocycles. The molecule has 0 spiro atoms. The maximum atomic E-state index is 9.96. The van der Waals surface area contributed by atoms with E-state index in [0.29, 0.717) is 30.3 Å². The fraction of sp³-hybridized carbons (Fsp3) is 0.467. The van der Waals surface area contributed by atoms with Gasteiger partial charge in [-0.2, -0.15) is 0 Å². The van der Waals surface area contributed by atoms with E-state index in [0.717, 1.165) is 0 Å². The van der Waals surface area contributed by atoms with Gasteiger partial charge in [-0.05, 0) is 26.0 Å². The van der Waals surface area contributed by atoms with Gasteiger partial charge in [0.1, 0.15) is 22.9 Å². The lowest BCUT2D eigenvalue weighted by atomic mass is 10.0. The summed E-state index contributed by atoms with van der Waals surface area (Å²) in [6.07, 6.45) is 1.68. The lowest BCUT2D eigenvalue weighted by molar-refractivity contribution is -0.00863. The summed E-state index contributed by atoms with van der Waals surface area (Å²) >= 11 is 0. The van der Waals surface area contributed by atoms with E-state index in [4.69, 9.17) is 18.9 Å². The zero-order valence-corrected chi connectivity index (χ0v) is 12.0. The maximum absolute atomic E-state index is 9.96. The van der Waals surface area contributed by atoms with Gasteiger partial charge in [0.15, 0.2) is 6.79 Å². The Labute approximate surface area is 118 Å². The van der Waals surface area contributed by atoms with Gasteiger partial charge in [-0.1, -0.05) is 0 Å². The molecule has 20 heavy (non-hydrogen) atoms. The third-order valence-corrected chi connectivity index (χ3v) is 2.83. The average molecular weight is 280 g/mol. The first-order chi connectivity index (χ1) is 9.52. The van der Waals surface area contributed by atoms with Gasteiger partial charge >= 0.3 is 0 Å². The van der Waals surface area contributed by atoms with E-state index in [-0.39, 0.29) is 12.6 Å². The lowest BCUT2D eigenvalue weighted by Crippen LogP contribution is -2.28. The minimum atomic E-state index is -0.537. The molecule has 1 N–H and O–H groups in total. The number of hydrogen-bond donors (Lipinski definition) is 1. The fourth-order valence-electron chi connectivity index (χ4n) is 1.92. The summed E-state index contributed by atoms with van der Waals surface area (Å²) in [5.41, 5.74) is 0.127. The predicted octanol–water partition coefficient (Wildman–Crippen LogP) is 2.76. The number of ether oxygens (including phenoxy) is 4. The number of rotatable bonds is 6. The van der Waals surface area contributed by atoms with E-state index < -0.39 is 5.60 Å². The van der Waals surface area contributed by atoms with Crippen LogP contribution in [-0.4, -0.2) is 37.8 Å². The molecule has 0 bridgehead atoms. The predicted molar refractivity (Wildman–Crippen MR) is 75.1 cm³/mol. The molecular formula is C15H20O5. The zero-order chi connectivity index (χ0) is 14.6. The molecule has 1 aliphatic rings. The Bertz CT molecular complexity index is 493. The number of benzene rings is 1. The first kappa shape index (κ1) is 14.7. The largest absolute Gasteiger partial charge is 0.507 e. The minimum absolute atomic E-state index is 0.146. The van der Waals surface area contributed by atoms with Crippen molar-refractivity contribution in [1.29, 1.82) is 0 Å². The summed E-state index contributed by atoms with van der Waals surface area (Å²) in [4.78, 5) is 0. The van der Waals surface area contributed by atoms with Crippen LogP contribution in [0, 0.1) is 0 Å². The Balaban J connectivity index is 2.00. The van der Waals surface area contributed by atoms with Crippen LogP contribution >= 0.6 is 0 Å². The van der Waals surface area contributed by atoms with Crippen molar-refractivity contribution in [2.75, 3.05) is 27.1 Å². The van der Waals surface area contributed by atoms with Crippen LogP contribution in [0.4, 0.5) is 0 Å². The quantitative estimate of drug-likeness (QED) is 0.641. The average Bonchev–Trinajstić information content (AvgIpc) is 2.36. The van der Waals surface area contributed by atoms with Crippen LogP contribution in [0.2, 0.25) is 0 Å². The summed E-state index contributed by atoms with van der Waals surface area (Å²) in [6.45, 7) is 4.92. The number of hydrogen-bond acceptors (Lipinski definition) is 5. The molecular weight excluding hydrogens is 260 g/mol. The van der Waals surface area contributed by atoms with Crippen molar-refractivity contribution < 1.29 is 24.1 Å². The molecule has 110 valence electrons. The van der Waals surface area contributed by atoms with Gasteiger partial charge in [0.25, 0.3) is 0 Å². The topological polar surface area (TPSA) is 57.2 Å². The summed E-state index contributed by atoms with van der Waals surface area (Å²) in [5, 5.41) is 9.96. The normalized spacial score (nSPS) is 16.1. The van der Waals surface area contributed by atoms with Gasteiger partial charge in [-0.15, -0.1) is 0 Å². The monoisotopic (exact) mass is 280 g/mol. The van der Waals surface area contributed by atoms with Crippen LogP contribution in [0.3, 0.4) is 0 Å². The molecule has 0 fully saturated rings. The van der Waals surface area contributed by atoms with Crippen LogP contribution < -0.4 is 9.47 Å². The molecule has 1 heterocycles. The highest BCUT2D eigenvalue weighted by atomic mass is 16.7. The second-order valence-corrected chi connectivity index (χ2v) is 5.06. The minimum Gasteiger partial charge on any atom is -0.507 e. The van der Waals surface area contributed by atoms with Gasteiger partial charge < -0.3 is 24.1 Å². The molecule has 1 aromatic carbocycles. The molecule has 2 rings (SSSR count). The second-order valence-electron chi connectivity index (χ2n) is 5.06. The Morgan fingerprint density at radius 3 is 2.80 bits per heavy atom. The van der Waals surface area contributed by atoms with E-state index in [2.05, 4.69) is 0 Å². The van der Waals surface area contributed by atoms with Crippen molar-refractivity contribution in [2.24, 2.45) is 0 Å². The molecule has 0 radical (unpaired) electrons. The number of fused-ring (bicyclic) bond motifs is 1. The molecule has 0 amide bonds. The molecule has 0 saturated carbocycles. The summed E-state index contributed by atoms with van der Waals surface area (Å²) < 4.78 is 21.4. The highest BCUT2D eigenvalue weighted by molar-refractivity contribution is 5.68. The van der Waals surface area contributed by atoms with Crippen molar-refractivity contribution in [3.05, 3.63) is 29.8 Å². The second kappa shape index (κ2) is 6.15. The van der Waals surface area contributed by atoms with E-state index in [1.807, 2.05) is 13.8 Å². The Morgan fingerprint density at radius 2 is 2.05 bits per heavy atom. The van der Waals surface area contributed by atoms with Gasteiger partial charge in [0, 0.05) is 19.3 Å². The Hall–Kier alpha value is -1.72. The van der Waals surface area contributed by atoms with E-state index in [1.54, 1.807) is 31.4 Å². The summed E-state index contributed by atoms with van der Waals surface area (Å²) in [5.74, 6) is 1.45. The van der Waals surface area contributed by atoms with Gasteiger partial charge in [-0.3, -0.25) is 0 Å². The molecule has 0 unspecified atom stereocenters. The van der Waals surface area contributed by atoms with Crippen molar-refractivity contribution in [1.82, 2.24) is 0 Å². The number of aliphatic hydroxyl groups excluding tert-OH is 1. The molecule has 1 aliphatic heterocycles. The van der Waals surface area contributed by atoms with Crippen molar-refractivity contribution in [2.45, 2.75) is 19.4 Å². The van der Waals surface area contributed by atoms with Crippen molar-refractivity contribution in [3.8, 4) is 11.5 Å². The smallest absolute Gasteiger partial charge is 0.189 e. The van der Waals surface area contributed by atoms with Gasteiger partial charge in [0.05, 0.1) is 18.8 Å². The van der Waals surface area contributed by atoms with Gasteiger partial charge in [0.2, 0.25) is 0 Å². The van der Waals surface area contributed by atoms with Crippen LogP contribution in [0.15, 0.2) is 24.3 Å². The van der Waals surface area contributed by atoms with E-state index in [1.165, 1.54) is 0 Å². The zero-order valence-electron chi connectivity index (χ0n) is 12.0. The molecule has 0 atom stereocenters. The Kier molecular flexibility index (Phi) is 4.52. The molecule has 5 heteroatoms. The lowest BCUT2D eigenvalue weighted by Gasteiger charge is -2.29. The number of methoxy groups -OCH3 is 1. The third kappa shape index (κ3) is 3.65. The first-order valence-corrected chi connectivity index (χ1v) is 6.46. The highest BCUT2D eigenvalue weighted by Crippen LogP contribution is 2.37. The maximum Gasteiger partial charge on any atom is 0.189 e. The Morgan fingerprint density at radius 1 is 1.25 bits per heavy atom. The summed E-state index contributed by atoms with van der Waals surface area (Å²) in [7, 11) is 1.62. The molecule has 0 aliphatic carbocycles. The van der Waals surface area contributed by atoms with Gasteiger partial charge in [-0.25, -0.2) is 0 Å². The fourth-order valence-corrected chi connectivity index (χ4v) is 1.92. The first-order valence-electron chi connectivity index (χ1n) is 6.46. The molecule has 0 aromatic heterocycles. The summed E-state index contributed by atoms with van der Waals surface area (Å²) in [6, 6.07) is 5.28. The molecule has 5 nitrogen and oxygen atoms in total. The third-order valence-electron chi connectivity index (χ3n) is 2.83. The van der Waals surface area contributed by atoms with E-state index >= 15 is 0 Å². The number of aliphatic hydroxyl groups is 1. The van der Waals surface area contributed by atoms with Crippen LogP contribution in [-0.2, 0) is 9.47 Å². The van der Waals surface area contributed by atoms with Crippen molar-refractivity contribution in [3.63, 3.8) is 0 Å². The van der Waals surface area contributed by atoms with E-state index in [9.17, 15) is 5.11 Å². The SMILES string of the molecule is COCCOCOc1ccc2c(c1)OC(C)(C)C=C2O. The van der Waals surface area contributed by atoms with Crippen LogP contribution in [0.1, 0.15) is 19.4 Å². The molecule has 1 aromatic rings. The van der Waals surface area contributed by atoms with Crippen LogP contribution in [0.25, 0.3) is 5.76 Å².